The molecule has 2 aromatic carbocycles. The number of ether oxygens (including phenoxy) is 2. The molecular formula is C21H20F3N3O6S. The molecule has 1 saturated heterocycles. The third-order valence-corrected chi connectivity index (χ3v) is 7.36. The molecule has 0 unspecified atom stereocenters. The average Bonchev–Trinajstić information content (AvgIpc) is 3.30. The molecule has 1 N–H and O–H groups in total. The van der Waals surface area contributed by atoms with E-state index in [0.717, 1.165) is 28.6 Å². The fourth-order valence-corrected chi connectivity index (χ4v) is 4.97. The van der Waals surface area contributed by atoms with Crippen LogP contribution < -0.4 is 14.8 Å². The molecule has 0 saturated carbocycles. The van der Waals surface area contributed by atoms with Crippen LogP contribution in [0, 0.1) is 0 Å². The van der Waals surface area contributed by atoms with Crippen LogP contribution in [-0.4, -0.2) is 69.0 Å². The summed E-state index contributed by atoms with van der Waals surface area (Å²) in [4.78, 5) is 26.0. The molecule has 2 heterocycles. The fraction of sp³-hybridized carbons (Fsp3) is 0.333. The van der Waals surface area contributed by atoms with Gasteiger partial charge < -0.3 is 19.7 Å². The summed E-state index contributed by atoms with van der Waals surface area (Å²) in [5.41, 5.74) is -0.644. The minimum Gasteiger partial charge on any atom is -0.454 e. The molecule has 9 nitrogen and oxygen atoms in total. The lowest BCUT2D eigenvalue weighted by atomic mass is 10.2. The van der Waals surface area contributed by atoms with E-state index in [1.165, 1.54) is 17.0 Å². The molecule has 2 amide bonds. The number of fused-ring (bicyclic) bond motifs is 1. The Morgan fingerprint density at radius 2 is 1.59 bits per heavy atom. The van der Waals surface area contributed by atoms with Crippen molar-refractivity contribution in [2.75, 3.05) is 39.5 Å². The minimum atomic E-state index is -4.56. The van der Waals surface area contributed by atoms with Gasteiger partial charge in [-0.15, -0.1) is 0 Å². The molecule has 182 valence electrons. The van der Waals surface area contributed by atoms with Gasteiger partial charge in [0, 0.05) is 31.7 Å². The van der Waals surface area contributed by atoms with Crippen molar-refractivity contribution >= 4 is 21.8 Å². The molecule has 0 radical (unpaired) electrons. The number of carbonyl (C=O) groups excluding carboxylic acids is 2. The number of alkyl halides is 3. The minimum absolute atomic E-state index is 0.0226. The van der Waals surface area contributed by atoms with Gasteiger partial charge in [-0.1, -0.05) is 0 Å². The normalized spacial score (nSPS) is 16.4. The van der Waals surface area contributed by atoms with E-state index in [4.69, 9.17) is 9.47 Å². The topological polar surface area (TPSA) is 105 Å². The number of piperazine rings is 1. The van der Waals surface area contributed by atoms with E-state index in [-0.39, 0.29) is 50.3 Å². The number of nitrogens with one attached hydrogen (secondary N) is 1. The van der Waals surface area contributed by atoms with Gasteiger partial charge in [0.15, 0.2) is 11.5 Å². The second-order valence-corrected chi connectivity index (χ2v) is 9.50. The van der Waals surface area contributed by atoms with Crippen LogP contribution >= 0.6 is 0 Å². The number of hydrogen-bond donors (Lipinski definition) is 1. The molecule has 34 heavy (non-hydrogen) atoms. The zero-order valence-electron chi connectivity index (χ0n) is 17.7. The molecule has 1 fully saturated rings. The van der Waals surface area contributed by atoms with Crippen molar-refractivity contribution in [3.8, 4) is 11.5 Å². The Hall–Kier alpha value is -3.32. The van der Waals surface area contributed by atoms with Crippen molar-refractivity contribution < 1.29 is 40.7 Å². The van der Waals surface area contributed by atoms with Crippen LogP contribution in [0.2, 0.25) is 0 Å². The van der Waals surface area contributed by atoms with E-state index in [9.17, 15) is 31.2 Å². The Kier molecular flexibility index (Phi) is 6.41. The molecule has 0 atom stereocenters. The summed E-state index contributed by atoms with van der Waals surface area (Å²) in [5, 5.41) is 2.52. The van der Waals surface area contributed by atoms with Crippen molar-refractivity contribution in [3.05, 3.63) is 53.6 Å². The maximum atomic E-state index is 12.7. The van der Waals surface area contributed by atoms with Crippen molar-refractivity contribution in [3.63, 3.8) is 0 Å². The van der Waals surface area contributed by atoms with Gasteiger partial charge in [-0.3, -0.25) is 9.59 Å². The average molecular weight is 499 g/mol. The molecule has 0 aromatic heterocycles. The quantitative estimate of drug-likeness (QED) is 0.672. The number of benzene rings is 2. The second kappa shape index (κ2) is 9.14. The number of amides is 2. The number of halogens is 3. The summed E-state index contributed by atoms with van der Waals surface area (Å²) in [5.74, 6) is 0.0944. The van der Waals surface area contributed by atoms with Crippen LogP contribution in [0.3, 0.4) is 0 Å². The number of hydrogen-bond acceptors (Lipinski definition) is 6. The number of nitrogens with zero attached hydrogens (tertiary/aromatic N) is 2. The summed E-state index contributed by atoms with van der Waals surface area (Å²) in [7, 11) is -4.00. The molecule has 0 aliphatic carbocycles. The Morgan fingerprint density at radius 3 is 2.24 bits per heavy atom. The standard InChI is InChI=1S/C21H20F3N3O6S/c22-21(23,24)15-2-4-16(5-3-15)34(30,31)27-9-7-26(8-10-27)19(28)12-25-20(29)14-1-6-17-18(11-14)33-13-32-17/h1-6,11H,7-10,12-13H2,(H,25,29). The number of sulfonamides is 1. The monoisotopic (exact) mass is 499 g/mol. The first kappa shape index (κ1) is 23.8. The van der Waals surface area contributed by atoms with Gasteiger partial charge in [0.1, 0.15) is 0 Å². The third-order valence-electron chi connectivity index (χ3n) is 5.45. The van der Waals surface area contributed by atoms with Gasteiger partial charge in [0.05, 0.1) is 17.0 Å². The molecule has 2 aromatic rings. The SMILES string of the molecule is O=C(NCC(=O)N1CCN(S(=O)(=O)c2ccc(C(F)(F)F)cc2)CC1)c1ccc2c(c1)OCO2. The van der Waals surface area contributed by atoms with Crippen LogP contribution in [0.25, 0.3) is 0 Å². The lowest BCUT2D eigenvalue weighted by Crippen LogP contribution is -2.52. The van der Waals surface area contributed by atoms with Crippen LogP contribution in [0.4, 0.5) is 13.2 Å². The van der Waals surface area contributed by atoms with Crippen molar-refractivity contribution in [1.29, 1.82) is 0 Å². The van der Waals surface area contributed by atoms with Gasteiger partial charge >= 0.3 is 6.18 Å². The first-order valence-corrected chi connectivity index (χ1v) is 11.6. The van der Waals surface area contributed by atoms with E-state index in [1.807, 2.05) is 0 Å². The zero-order valence-corrected chi connectivity index (χ0v) is 18.5. The predicted molar refractivity (Wildman–Crippen MR) is 112 cm³/mol. The third kappa shape index (κ3) is 4.94. The Bertz CT molecular complexity index is 1190. The summed E-state index contributed by atoms with van der Waals surface area (Å²) < 4.78 is 75.2. The molecule has 0 spiro atoms. The highest BCUT2D eigenvalue weighted by Crippen LogP contribution is 2.32. The van der Waals surface area contributed by atoms with E-state index < -0.39 is 27.7 Å². The van der Waals surface area contributed by atoms with Crippen LogP contribution in [0.1, 0.15) is 15.9 Å². The first-order valence-electron chi connectivity index (χ1n) is 10.2. The summed E-state index contributed by atoms with van der Waals surface area (Å²) >= 11 is 0. The number of rotatable bonds is 5. The highest BCUT2D eigenvalue weighted by molar-refractivity contribution is 7.89. The highest BCUT2D eigenvalue weighted by Gasteiger charge is 2.33. The summed E-state index contributed by atoms with van der Waals surface area (Å²) in [6.07, 6.45) is -4.56. The van der Waals surface area contributed by atoms with Gasteiger partial charge in [0.25, 0.3) is 5.91 Å². The van der Waals surface area contributed by atoms with Crippen molar-refractivity contribution in [2.45, 2.75) is 11.1 Å². The second-order valence-electron chi connectivity index (χ2n) is 7.56. The maximum absolute atomic E-state index is 12.7. The van der Waals surface area contributed by atoms with Crippen LogP contribution in [0.15, 0.2) is 47.4 Å². The Labute approximate surface area is 193 Å². The van der Waals surface area contributed by atoms with Crippen molar-refractivity contribution in [2.24, 2.45) is 0 Å². The van der Waals surface area contributed by atoms with Gasteiger partial charge in [0.2, 0.25) is 22.7 Å². The number of carbonyl (C=O) groups is 2. The Balaban J connectivity index is 1.30. The lowest BCUT2D eigenvalue weighted by Gasteiger charge is -2.34. The summed E-state index contributed by atoms with van der Waals surface area (Å²) in [6.45, 7) is -0.0913. The fourth-order valence-electron chi connectivity index (χ4n) is 3.55. The molecule has 13 heteroatoms. The molecular weight excluding hydrogens is 479 g/mol. The molecule has 4 rings (SSSR count). The highest BCUT2D eigenvalue weighted by atomic mass is 32.2. The lowest BCUT2D eigenvalue weighted by molar-refractivity contribution is -0.137. The van der Waals surface area contributed by atoms with E-state index in [2.05, 4.69) is 5.32 Å². The van der Waals surface area contributed by atoms with E-state index >= 15 is 0 Å². The van der Waals surface area contributed by atoms with E-state index in [0.29, 0.717) is 17.1 Å². The Morgan fingerprint density at radius 1 is 0.941 bits per heavy atom. The van der Waals surface area contributed by atoms with Crippen LogP contribution in [-0.2, 0) is 21.0 Å². The van der Waals surface area contributed by atoms with Crippen molar-refractivity contribution in [1.82, 2.24) is 14.5 Å². The van der Waals surface area contributed by atoms with Gasteiger partial charge in [-0.05, 0) is 42.5 Å². The summed E-state index contributed by atoms with van der Waals surface area (Å²) in [6, 6.07) is 7.91. The zero-order chi connectivity index (χ0) is 24.5. The largest absolute Gasteiger partial charge is 0.454 e. The molecule has 0 bridgehead atoms. The van der Waals surface area contributed by atoms with Crippen LogP contribution in [0.5, 0.6) is 11.5 Å². The first-order chi connectivity index (χ1) is 16.1. The van der Waals surface area contributed by atoms with E-state index in [1.54, 1.807) is 6.07 Å². The molecule has 2 aliphatic heterocycles. The van der Waals surface area contributed by atoms with Gasteiger partial charge in [-0.2, -0.15) is 17.5 Å². The predicted octanol–water partition coefficient (Wildman–Crippen LogP) is 1.70. The smallest absolute Gasteiger partial charge is 0.416 e. The molecule has 2 aliphatic rings. The maximum Gasteiger partial charge on any atom is 0.416 e. The van der Waals surface area contributed by atoms with Gasteiger partial charge in [-0.25, -0.2) is 8.42 Å².